The molecule has 1 heterocycles. The number of likely N-dealkylation sites (N-methyl/N-ethyl adjacent to an activating group) is 1. The van der Waals surface area contributed by atoms with Crippen molar-refractivity contribution in [2.45, 2.75) is 32.2 Å². The van der Waals surface area contributed by atoms with E-state index in [1.54, 1.807) is 5.01 Å². The molecule has 0 unspecified atom stereocenters. The maximum atomic E-state index is 13.0. The molecule has 4 heteroatoms. The number of quaternary nitrogens is 1. The maximum Gasteiger partial charge on any atom is 0.298 e. The summed E-state index contributed by atoms with van der Waals surface area (Å²) < 4.78 is 0. The topological polar surface area (TPSA) is 49.3 Å². The van der Waals surface area contributed by atoms with Crippen LogP contribution in [0.5, 0.6) is 0 Å². The number of hydrogen-bond acceptors (Lipinski definition) is 2. The SMILES string of the molecule is CC[NH2+]CC(=O)N1N=C2/C(=C/c3ccccc3)CCC[C@H]2[C@@H]1c1ccccc1. The van der Waals surface area contributed by atoms with Crippen molar-refractivity contribution in [1.82, 2.24) is 5.01 Å². The summed E-state index contributed by atoms with van der Waals surface area (Å²) in [4.78, 5) is 13.0. The highest BCUT2D eigenvalue weighted by atomic mass is 16.2. The lowest BCUT2D eigenvalue weighted by atomic mass is 9.77. The Morgan fingerprint density at radius 3 is 2.57 bits per heavy atom. The highest BCUT2D eigenvalue weighted by Gasteiger charge is 2.43. The molecule has 0 bridgehead atoms. The summed E-state index contributed by atoms with van der Waals surface area (Å²) >= 11 is 0. The van der Waals surface area contributed by atoms with Gasteiger partial charge in [-0.3, -0.25) is 4.79 Å². The predicted molar refractivity (Wildman–Crippen MR) is 113 cm³/mol. The van der Waals surface area contributed by atoms with Gasteiger partial charge < -0.3 is 5.32 Å². The molecule has 2 N–H and O–H groups in total. The Morgan fingerprint density at radius 2 is 1.86 bits per heavy atom. The molecule has 2 atom stereocenters. The van der Waals surface area contributed by atoms with Gasteiger partial charge in [0, 0.05) is 5.92 Å². The Bertz CT molecular complexity index is 873. The Balaban J connectivity index is 1.71. The zero-order valence-electron chi connectivity index (χ0n) is 16.4. The van der Waals surface area contributed by atoms with Crippen molar-refractivity contribution in [2.24, 2.45) is 11.0 Å². The van der Waals surface area contributed by atoms with E-state index >= 15 is 0 Å². The van der Waals surface area contributed by atoms with Crippen molar-refractivity contribution in [3.05, 3.63) is 77.4 Å². The number of nitrogens with zero attached hydrogens (tertiary/aromatic N) is 2. The summed E-state index contributed by atoms with van der Waals surface area (Å²) in [5.41, 5.74) is 4.75. The second kappa shape index (κ2) is 8.53. The van der Waals surface area contributed by atoms with Crippen molar-refractivity contribution in [3.8, 4) is 0 Å². The van der Waals surface area contributed by atoms with Crippen LogP contribution in [0.2, 0.25) is 0 Å². The van der Waals surface area contributed by atoms with Crippen LogP contribution in [0.3, 0.4) is 0 Å². The predicted octanol–water partition coefficient (Wildman–Crippen LogP) is 3.39. The molecular weight excluding hydrogens is 346 g/mol. The molecule has 0 spiro atoms. The van der Waals surface area contributed by atoms with Gasteiger partial charge in [-0.25, -0.2) is 5.01 Å². The average molecular weight is 375 g/mol. The van der Waals surface area contributed by atoms with Gasteiger partial charge in [-0.05, 0) is 49.0 Å². The first kappa shape index (κ1) is 18.6. The van der Waals surface area contributed by atoms with E-state index in [0.29, 0.717) is 6.54 Å². The third-order valence-electron chi connectivity index (χ3n) is 5.65. The monoisotopic (exact) mass is 374 g/mol. The quantitative estimate of drug-likeness (QED) is 0.857. The molecule has 4 nitrogen and oxygen atoms in total. The highest BCUT2D eigenvalue weighted by molar-refractivity contribution is 6.08. The highest BCUT2D eigenvalue weighted by Crippen LogP contribution is 2.44. The first-order chi connectivity index (χ1) is 13.8. The molecular formula is C24H28N3O+. The van der Waals surface area contributed by atoms with Gasteiger partial charge in [-0.1, -0.05) is 60.7 Å². The van der Waals surface area contributed by atoms with Gasteiger partial charge in [0.25, 0.3) is 5.91 Å². The number of amides is 1. The Morgan fingerprint density at radius 1 is 1.14 bits per heavy atom. The van der Waals surface area contributed by atoms with E-state index in [2.05, 4.69) is 61.5 Å². The van der Waals surface area contributed by atoms with Crippen molar-refractivity contribution >= 4 is 17.7 Å². The summed E-state index contributed by atoms with van der Waals surface area (Å²) in [6.45, 7) is 3.41. The summed E-state index contributed by atoms with van der Waals surface area (Å²) in [6, 6.07) is 20.8. The Hall–Kier alpha value is -2.72. The van der Waals surface area contributed by atoms with Crippen LogP contribution in [0.15, 0.2) is 71.3 Å². The third-order valence-corrected chi connectivity index (χ3v) is 5.65. The normalized spacial score (nSPS) is 22.8. The van der Waals surface area contributed by atoms with Crippen molar-refractivity contribution < 1.29 is 10.1 Å². The van der Waals surface area contributed by atoms with Crippen LogP contribution >= 0.6 is 0 Å². The van der Waals surface area contributed by atoms with Crippen LogP contribution < -0.4 is 5.32 Å². The Labute approximate surface area is 167 Å². The van der Waals surface area contributed by atoms with Gasteiger partial charge in [-0.2, -0.15) is 5.10 Å². The first-order valence-electron chi connectivity index (χ1n) is 10.3. The largest absolute Gasteiger partial charge is 0.339 e. The number of nitrogens with two attached hydrogens (primary N) is 1. The minimum absolute atomic E-state index is 0.00781. The maximum absolute atomic E-state index is 13.0. The van der Waals surface area contributed by atoms with Gasteiger partial charge >= 0.3 is 0 Å². The number of carbonyl (C=O) groups is 1. The summed E-state index contributed by atoms with van der Waals surface area (Å²) in [6.07, 6.45) is 5.48. The molecule has 2 aromatic carbocycles. The smallest absolute Gasteiger partial charge is 0.298 e. The van der Waals surface area contributed by atoms with Crippen LogP contribution in [-0.2, 0) is 4.79 Å². The lowest BCUT2D eigenvalue weighted by Gasteiger charge is -2.29. The van der Waals surface area contributed by atoms with Crippen LogP contribution in [0.25, 0.3) is 6.08 Å². The third kappa shape index (κ3) is 3.78. The number of allylic oxidation sites excluding steroid dienone is 1. The standard InChI is InChI=1S/C24H27N3O/c1-2-25-17-22(28)27-24(19-12-7-4-8-13-19)21-15-9-14-20(23(21)26-27)16-18-10-5-3-6-11-18/h3-8,10-13,16,21,24-25H,2,9,14-15,17H2,1H3/p+1/b20-16+/t21-,24+/m1/s1. The fourth-order valence-electron chi connectivity index (χ4n) is 4.30. The molecule has 28 heavy (non-hydrogen) atoms. The Kier molecular flexibility index (Phi) is 5.68. The molecule has 0 radical (unpaired) electrons. The van der Waals surface area contributed by atoms with Gasteiger partial charge in [-0.15, -0.1) is 0 Å². The molecule has 2 aliphatic rings. The molecule has 2 aromatic rings. The molecule has 144 valence electrons. The molecule has 0 saturated heterocycles. The molecule has 1 aliphatic heterocycles. The number of fused-ring (bicyclic) bond motifs is 1. The minimum atomic E-state index is 0.00781. The van der Waals surface area contributed by atoms with Gasteiger partial charge in [0.1, 0.15) is 0 Å². The van der Waals surface area contributed by atoms with E-state index in [1.165, 1.54) is 16.7 Å². The van der Waals surface area contributed by atoms with Crippen LogP contribution in [-0.4, -0.2) is 29.7 Å². The molecule has 4 rings (SSSR count). The average Bonchev–Trinajstić information content (AvgIpc) is 3.14. The van der Waals surface area contributed by atoms with Crippen molar-refractivity contribution in [1.29, 1.82) is 0 Å². The van der Waals surface area contributed by atoms with E-state index in [4.69, 9.17) is 5.10 Å². The van der Waals surface area contributed by atoms with Crippen LogP contribution in [0.4, 0.5) is 0 Å². The number of benzene rings is 2. The minimum Gasteiger partial charge on any atom is -0.339 e. The van der Waals surface area contributed by atoms with E-state index in [9.17, 15) is 4.79 Å². The molecule has 1 fully saturated rings. The fraction of sp³-hybridized carbons (Fsp3) is 0.333. The van der Waals surface area contributed by atoms with Crippen LogP contribution in [0.1, 0.15) is 43.4 Å². The zero-order valence-corrected chi connectivity index (χ0v) is 16.4. The fourth-order valence-corrected chi connectivity index (χ4v) is 4.30. The zero-order chi connectivity index (χ0) is 19.3. The van der Waals surface area contributed by atoms with E-state index in [1.807, 2.05) is 17.4 Å². The number of hydrogen-bond donors (Lipinski definition) is 1. The number of hydrazone groups is 1. The summed E-state index contributed by atoms with van der Waals surface area (Å²) in [5.74, 6) is 0.369. The molecule has 1 amide bonds. The lowest BCUT2D eigenvalue weighted by Crippen LogP contribution is -2.86. The van der Waals surface area contributed by atoms with Gasteiger partial charge in [0.15, 0.2) is 6.54 Å². The van der Waals surface area contributed by atoms with E-state index < -0.39 is 0 Å². The van der Waals surface area contributed by atoms with Gasteiger partial charge in [0.05, 0.1) is 18.3 Å². The van der Waals surface area contributed by atoms with Crippen molar-refractivity contribution in [2.75, 3.05) is 13.1 Å². The van der Waals surface area contributed by atoms with Crippen LogP contribution in [0, 0.1) is 5.92 Å². The van der Waals surface area contributed by atoms with Crippen molar-refractivity contribution in [3.63, 3.8) is 0 Å². The second-order valence-corrected chi connectivity index (χ2v) is 7.56. The lowest BCUT2D eigenvalue weighted by molar-refractivity contribution is -0.641. The molecule has 0 aromatic heterocycles. The van der Waals surface area contributed by atoms with E-state index in [-0.39, 0.29) is 17.9 Å². The first-order valence-corrected chi connectivity index (χ1v) is 10.3. The second-order valence-electron chi connectivity index (χ2n) is 7.56. The van der Waals surface area contributed by atoms with Gasteiger partial charge in [0.2, 0.25) is 0 Å². The summed E-state index contributed by atoms with van der Waals surface area (Å²) in [5, 5.41) is 8.71. The molecule has 1 saturated carbocycles. The molecule has 1 aliphatic carbocycles. The number of carbonyl (C=O) groups excluding carboxylic acids is 1. The summed E-state index contributed by atoms with van der Waals surface area (Å²) in [7, 11) is 0. The van der Waals surface area contributed by atoms with E-state index in [0.717, 1.165) is 31.5 Å². The number of rotatable bonds is 5.